The summed E-state index contributed by atoms with van der Waals surface area (Å²) < 4.78 is 6.07. The number of aryl methyl sites for hydroxylation is 1. The van der Waals surface area contributed by atoms with E-state index in [2.05, 4.69) is 4.74 Å². The van der Waals surface area contributed by atoms with E-state index in [9.17, 15) is 9.59 Å². The molecular weight excluding hydrogens is 186 g/mol. The number of carboxylic acids is 1. The molecule has 0 aliphatic carbocycles. The molecule has 1 aromatic heterocycles. The van der Waals surface area contributed by atoms with E-state index in [1.807, 2.05) is 0 Å². The molecule has 14 heavy (non-hydrogen) atoms. The fourth-order valence-electron chi connectivity index (χ4n) is 1.19. The Morgan fingerprint density at radius 3 is 2.71 bits per heavy atom. The summed E-state index contributed by atoms with van der Waals surface area (Å²) in [4.78, 5) is 21.7. The lowest BCUT2D eigenvalue weighted by atomic mass is 10.2. The van der Waals surface area contributed by atoms with Crippen molar-refractivity contribution in [3.8, 4) is 0 Å². The molecule has 5 nitrogen and oxygen atoms in total. The van der Waals surface area contributed by atoms with E-state index in [0.29, 0.717) is 5.69 Å². The van der Waals surface area contributed by atoms with Crippen molar-refractivity contribution in [3.63, 3.8) is 0 Å². The Bertz CT molecular complexity index is 367. The molecule has 0 amide bonds. The Morgan fingerprint density at radius 1 is 1.57 bits per heavy atom. The monoisotopic (exact) mass is 197 g/mol. The van der Waals surface area contributed by atoms with E-state index >= 15 is 0 Å². The number of nitrogens with zero attached hydrogens (tertiary/aromatic N) is 1. The van der Waals surface area contributed by atoms with Gasteiger partial charge in [0.2, 0.25) is 0 Å². The van der Waals surface area contributed by atoms with Gasteiger partial charge >= 0.3 is 11.9 Å². The van der Waals surface area contributed by atoms with Crippen LogP contribution in [0.4, 0.5) is 0 Å². The minimum Gasteiger partial charge on any atom is -0.478 e. The average molecular weight is 197 g/mol. The number of aromatic nitrogens is 1. The van der Waals surface area contributed by atoms with Crippen molar-refractivity contribution >= 4 is 11.9 Å². The van der Waals surface area contributed by atoms with Gasteiger partial charge in [-0.25, -0.2) is 4.79 Å². The van der Waals surface area contributed by atoms with Crippen molar-refractivity contribution < 1.29 is 19.4 Å². The molecule has 0 radical (unpaired) electrons. The molecule has 0 saturated carbocycles. The van der Waals surface area contributed by atoms with Gasteiger partial charge in [-0.05, 0) is 6.07 Å². The summed E-state index contributed by atoms with van der Waals surface area (Å²) in [5.41, 5.74) is 0.585. The van der Waals surface area contributed by atoms with Crippen molar-refractivity contribution in [2.24, 2.45) is 7.05 Å². The average Bonchev–Trinajstić information content (AvgIpc) is 2.48. The van der Waals surface area contributed by atoms with Gasteiger partial charge < -0.3 is 14.4 Å². The summed E-state index contributed by atoms with van der Waals surface area (Å²) in [7, 11) is 2.95. The van der Waals surface area contributed by atoms with Crippen LogP contribution in [0.5, 0.6) is 0 Å². The fourth-order valence-corrected chi connectivity index (χ4v) is 1.19. The van der Waals surface area contributed by atoms with Crippen molar-refractivity contribution in [2.75, 3.05) is 7.11 Å². The topological polar surface area (TPSA) is 68.5 Å². The lowest BCUT2D eigenvalue weighted by molar-refractivity contribution is -0.139. The molecule has 0 bridgehead atoms. The van der Waals surface area contributed by atoms with Crippen LogP contribution in [-0.4, -0.2) is 28.7 Å². The zero-order chi connectivity index (χ0) is 10.7. The van der Waals surface area contributed by atoms with Crippen LogP contribution in [0.25, 0.3) is 0 Å². The molecular formula is C9H11NO4. The van der Waals surface area contributed by atoms with E-state index in [1.54, 1.807) is 17.8 Å². The predicted octanol–water partition coefficient (Wildman–Crippen LogP) is 0.439. The van der Waals surface area contributed by atoms with Gasteiger partial charge in [-0.15, -0.1) is 0 Å². The summed E-state index contributed by atoms with van der Waals surface area (Å²) in [6, 6.07) is 1.46. The predicted molar refractivity (Wildman–Crippen MR) is 48.1 cm³/mol. The zero-order valence-corrected chi connectivity index (χ0v) is 7.98. The summed E-state index contributed by atoms with van der Waals surface area (Å²) in [6.45, 7) is 0. The third-order valence-electron chi connectivity index (χ3n) is 1.97. The highest BCUT2D eigenvalue weighted by molar-refractivity contribution is 5.90. The zero-order valence-electron chi connectivity index (χ0n) is 7.98. The van der Waals surface area contributed by atoms with Gasteiger partial charge in [-0.2, -0.15) is 0 Å². The number of hydrogen-bond acceptors (Lipinski definition) is 3. The van der Waals surface area contributed by atoms with Crippen LogP contribution in [0, 0.1) is 0 Å². The Morgan fingerprint density at radius 2 is 2.21 bits per heavy atom. The molecule has 0 spiro atoms. The van der Waals surface area contributed by atoms with Gasteiger partial charge in [-0.3, -0.25) is 4.79 Å². The number of rotatable bonds is 3. The van der Waals surface area contributed by atoms with Gasteiger partial charge in [0.25, 0.3) is 0 Å². The number of carbonyl (C=O) groups excluding carboxylic acids is 1. The Hall–Kier alpha value is -1.78. The SMILES string of the molecule is COC(=O)Cc1c(C(=O)O)ccn1C. The molecule has 0 unspecified atom stereocenters. The third kappa shape index (κ3) is 1.93. The molecule has 1 N–H and O–H groups in total. The number of esters is 1. The van der Waals surface area contributed by atoms with Crippen molar-refractivity contribution in [2.45, 2.75) is 6.42 Å². The van der Waals surface area contributed by atoms with Crippen LogP contribution in [0.1, 0.15) is 16.1 Å². The van der Waals surface area contributed by atoms with Crippen molar-refractivity contribution in [1.29, 1.82) is 0 Å². The molecule has 0 aliphatic rings. The Labute approximate surface area is 80.9 Å². The smallest absolute Gasteiger partial charge is 0.337 e. The number of methoxy groups -OCH3 is 1. The molecule has 0 atom stereocenters. The summed E-state index contributed by atoms with van der Waals surface area (Å²) >= 11 is 0. The van der Waals surface area contributed by atoms with E-state index in [4.69, 9.17) is 5.11 Å². The molecule has 5 heteroatoms. The minimum atomic E-state index is -1.04. The lowest BCUT2D eigenvalue weighted by Crippen LogP contribution is -2.11. The van der Waals surface area contributed by atoms with Crippen LogP contribution in [-0.2, 0) is 23.0 Å². The van der Waals surface area contributed by atoms with Crippen LogP contribution in [0.2, 0.25) is 0 Å². The first-order valence-electron chi connectivity index (χ1n) is 4.00. The normalized spacial score (nSPS) is 9.86. The maximum Gasteiger partial charge on any atom is 0.337 e. The number of aromatic carboxylic acids is 1. The van der Waals surface area contributed by atoms with Gasteiger partial charge in [0.05, 0.1) is 19.1 Å². The first-order valence-corrected chi connectivity index (χ1v) is 4.00. The van der Waals surface area contributed by atoms with Crippen LogP contribution < -0.4 is 0 Å². The maximum absolute atomic E-state index is 11.0. The second-order valence-corrected chi connectivity index (χ2v) is 2.85. The largest absolute Gasteiger partial charge is 0.478 e. The summed E-state index contributed by atoms with van der Waals surface area (Å²) in [5, 5.41) is 8.80. The second kappa shape index (κ2) is 3.95. The van der Waals surface area contributed by atoms with Crippen LogP contribution >= 0.6 is 0 Å². The lowest BCUT2D eigenvalue weighted by Gasteiger charge is -2.03. The summed E-state index contributed by atoms with van der Waals surface area (Å²) in [6.07, 6.45) is 1.57. The minimum absolute atomic E-state index is 0.0262. The van der Waals surface area contributed by atoms with E-state index in [-0.39, 0.29) is 12.0 Å². The van der Waals surface area contributed by atoms with Gasteiger partial charge in [0.15, 0.2) is 0 Å². The number of hydrogen-bond donors (Lipinski definition) is 1. The van der Waals surface area contributed by atoms with Gasteiger partial charge in [0.1, 0.15) is 0 Å². The highest BCUT2D eigenvalue weighted by Gasteiger charge is 2.16. The molecule has 0 saturated heterocycles. The molecule has 0 fully saturated rings. The standard InChI is InChI=1S/C9H11NO4/c1-10-4-3-6(9(12)13)7(10)5-8(11)14-2/h3-4H,5H2,1-2H3,(H,12,13). The molecule has 0 aliphatic heterocycles. The van der Waals surface area contributed by atoms with Gasteiger partial charge in [-0.1, -0.05) is 0 Å². The molecule has 0 aromatic carbocycles. The van der Waals surface area contributed by atoms with E-state index < -0.39 is 11.9 Å². The van der Waals surface area contributed by atoms with E-state index in [0.717, 1.165) is 0 Å². The summed E-state index contributed by atoms with van der Waals surface area (Å²) in [5.74, 6) is -1.49. The number of carbonyl (C=O) groups is 2. The maximum atomic E-state index is 11.0. The molecule has 1 rings (SSSR count). The van der Waals surface area contributed by atoms with Crippen LogP contribution in [0.3, 0.4) is 0 Å². The van der Waals surface area contributed by atoms with Crippen LogP contribution in [0.15, 0.2) is 12.3 Å². The second-order valence-electron chi connectivity index (χ2n) is 2.85. The first kappa shape index (κ1) is 10.3. The molecule has 76 valence electrons. The van der Waals surface area contributed by atoms with Crippen molar-refractivity contribution in [1.82, 2.24) is 4.57 Å². The third-order valence-corrected chi connectivity index (χ3v) is 1.97. The Balaban J connectivity index is 2.99. The number of carboxylic acid groups (broad SMARTS) is 1. The highest BCUT2D eigenvalue weighted by Crippen LogP contribution is 2.11. The first-order chi connectivity index (χ1) is 6.56. The number of ether oxygens (including phenoxy) is 1. The molecule has 1 aromatic rings. The highest BCUT2D eigenvalue weighted by atomic mass is 16.5. The molecule has 1 heterocycles. The fraction of sp³-hybridized carbons (Fsp3) is 0.333. The van der Waals surface area contributed by atoms with Crippen molar-refractivity contribution in [3.05, 3.63) is 23.5 Å². The Kier molecular flexibility index (Phi) is 2.91. The van der Waals surface area contributed by atoms with E-state index in [1.165, 1.54) is 13.2 Å². The quantitative estimate of drug-likeness (QED) is 0.714. The van der Waals surface area contributed by atoms with Gasteiger partial charge in [0, 0.05) is 18.9 Å².